The summed E-state index contributed by atoms with van der Waals surface area (Å²) in [6.45, 7) is 0. The summed E-state index contributed by atoms with van der Waals surface area (Å²) in [6, 6.07) is 7.79. The van der Waals surface area contributed by atoms with Crippen LogP contribution in [0.15, 0.2) is 34.7 Å². The second-order valence-corrected chi connectivity index (χ2v) is 4.42. The van der Waals surface area contributed by atoms with Crippen molar-refractivity contribution < 1.29 is 23.8 Å². The summed E-state index contributed by atoms with van der Waals surface area (Å²) in [6.07, 6.45) is -1.07. The van der Waals surface area contributed by atoms with E-state index in [9.17, 15) is 9.90 Å². The Labute approximate surface area is 120 Å². The number of furan rings is 1. The highest BCUT2D eigenvalue weighted by Gasteiger charge is 2.21. The first kappa shape index (κ1) is 14.4. The molecule has 1 aromatic carbocycles. The van der Waals surface area contributed by atoms with Gasteiger partial charge in [-0.2, -0.15) is 0 Å². The lowest BCUT2D eigenvalue weighted by molar-refractivity contribution is 0.0558. The molecule has 0 spiro atoms. The van der Waals surface area contributed by atoms with Gasteiger partial charge >= 0.3 is 5.97 Å². The van der Waals surface area contributed by atoms with Gasteiger partial charge in [-0.25, -0.2) is 4.79 Å². The molecule has 0 bridgehead atoms. The third-order valence-electron chi connectivity index (χ3n) is 2.77. The highest BCUT2D eigenvalue weighted by molar-refractivity contribution is 6.30. The van der Waals surface area contributed by atoms with Crippen LogP contribution in [0, 0.1) is 0 Å². The Kier molecular flexibility index (Phi) is 4.32. The van der Waals surface area contributed by atoms with Crippen LogP contribution in [0.1, 0.15) is 28.0 Å². The molecule has 106 valence electrons. The van der Waals surface area contributed by atoms with Crippen LogP contribution in [0.5, 0.6) is 5.75 Å². The number of hydrogen-bond acceptors (Lipinski definition) is 5. The number of hydrogen-bond donors (Lipinski definition) is 1. The van der Waals surface area contributed by atoms with Gasteiger partial charge in [0, 0.05) is 10.6 Å². The smallest absolute Gasteiger partial charge is 0.373 e. The number of ether oxygens (including phenoxy) is 2. The maximum atomic E-state index is 11.3. The summed E-state index contributed by atoms with van der Waals surface area (Å²) < 4.78 is 15.0. The van der Waals surface area contributed by atoms with E-state index in [0.717, 1.165) is 0 Å². The molecular formula is C14H13ClO5. The Balaban J connectivity index is 2.33. The zero-order valence-electron chi connectivity index (χ0n) is 10.9. The monoisotopic (exact) mass is 296 g/mol. The van der Waals surface area contributed by atoms with Crippen molar-refractivity contribution in [1.82, 2.24) is 0 Å². The number of methoxy groups -OCH3 is 2. The molecule has 6 heteroatoms. The van der Waals surface area contributed by atoms with Gasteiger partial charge in [-0.15, -0.1) is 0 Å². The standard InChI is InChI=1S/C14H13ClO5/c1-18-12-7-8(15)3-4-9(12)13(16)10-5-6-11(20-10)14(17)19-2/h3-7,13,16H,1-2H3. The van der Waals surface area contributed by atoms with Crippen molar-refractivity contribution in [2.45, 2.75) is 6.10 Å². The second kappa shape index (κ2) is 5.98. The molecule has 5 nitrogen and oxygen atoms in total. The molecule has 1 N–H and O–H groups in total. The van der Waals surface area contributed by atoms with Gasteiger partial charge in [-0.05, 0) is 24.3 Å². The maximum absolute atomic E-state index is 11.3. The average molecular weight is 297 g/mol. The van der Waals surface area contributed by atoms with Crippen molar-refractivity contribution in [2.75, 3.05) is 14.2 Å². The van der Waals surface area contributed by atoms with E-state index in [1.54, 1.807) is 18.2 Å². The van der Waals surface area contributed by atoms with Crippen molar-refractivity contribution in [3.63, 3.8) is 0 Å². The lowest BCUT2D eigenvalue weighted by Crippen LogP contribution is -2.02. The first-order valence-corrected chi connectivity index (χ1v) is 6.14. The molecule has 1 atom stereocenters. The minimum atomic E-state index is -1.07. The third-order valence-corrected chi connectivity index (χ3v) is 3.01. The molecule has 2 rings (SSSR count). The zero-order chi connectivity index (χ0) is 14.7. The maximum Gasteiger partial charge on any atom is 0.373 e. The summed E-state index contributed by atoms with van der Waals surface area (Å²) in [4.78, 5) is 11.3. The molecule has 0 amide bonds. The van der Waals surface area contributed by atoms with E-state index in [1.165, 1.54) is 26.4 Å². The SMILES string of the molecule is COC(=O)c1ccc(C(O)c2ccc(Cl)cc2OC)o1. The molecule has 0 fully saturated rings. The lowest BCUT2D eigenvalue weighted by Gasteiger charge is -2.13. The molecule has 20 heavy (non-hydrogen) atoms. The van der Waals surface area contributed by atoms with Gasteiger partial charge in [0.15, 0.2) is 0 Å². The molecule has 0 aliphatic heterocycles. The molecule has 1 aromatic heterocycles. The van der Waals surface area contributed by atoms with Gasteiger partial charge in [0.1, 0.15) is 17.6 Å². The number of rotatable bonds is 4. The lowest BCUT2D eigenvalue weighted by atomic mass is 10.1. The van der Waals surface area contributed by atoms with Gasteiger partial charge in [0.25, 0.3) is 0 Å². The molecule has 0 saturated heterocycles. The number of benzene rings is 1. The van der Waals surface area contributed by atoms with Crippen LogP contribution in [-0.4, -0.2) is 25.3 Å². The van der Waals surface area contributed by atoms with Crippen molar-refractivity contribution in [3.05, 3.63) is 52.4 Å². The van der Waals surface area contributed by atoms with E-state index in [-0.39, 0.29) is 11.5 Å². The van der Waals surface area contributed by atoms with E-state index < -0.39 is 12.1 Å². The number of aliphatic hydroxyl groups excluding tert-OH is 1. The molecule has 0 saturated carbocycles. The Bertz CT molecular complexity index is 620. The quantitative estimate of drug-likeness (QED) is 0.879. The predicted molar refractivity (Wildman–Crippen MR) is 72.1 cm³/mol. The number of esters is 1. The summed E-state index contributed by atoms with van der Waals surface area (Å²) in [5.74, 6) is 0.0630. The third kappa shape index (κ3) is 2.79. The van der Waals surface area contributed by atoms with E-state index in [4.69, 9.17) is 20.8 Å². The Hall–Kier alpha value is -1.98. The zero-order valence-corrected chi connectivity index (χ0v) is 11.7. The number of halogens is 1. The second-order valence-electron chi connectivity index (χ2n) is 3.98. The number of carbonyl (C=O) groups is 1. The van der Waals surface area contributed by atoms with Crippen LogP contribution in [0.3, 0.4) is 0 Å². The number of aliphatic hydroxyl groups is 1. The van der Waals surface area contributed by atoms with Crippen LogP contribution < -0.4 is 4.74 Å². The molecule has 1 unspecified atom stereocenters. The Morgan fingerprint density at radius 1 is 1.30 bits per heavy atom. The summed E-state index contributed by atoms with van der Waals surface area (Å²) in [5, 5.41) is 10.8. The van der Waals surface area contributed by atoms with Gasteiger partial charge < -0.3 is 19.0 Å². The highest BCUT2D eigenvalue weighted by atomic mass is 35.5. The molecule has 0 aliphatic rings. The van der Waals surface area contributed by atoms with Crippen molar-refractivity contribution in [1.29, 1.82) is 0 Å². The van der Waals surface area contributed by atoms with Crippen LogP contribution >= 0.6 is 11.6 Å². The van der Waals surface area contributed by atoms with E-state index >= 15 is 0 Å². The van der Waals surface area contributed by atoms with Crippen molar-refractivity contribution in [3.8, 4) is 5.75 Å². The first-order chi connectivity index (χ1) is 9.56. The molecule has 2 aromatic rings. The fourth-order valence-electron chi connectivity index (χ4n) is 1.77. The normalized spacial score (nSPS) is 12.0. The minimum Gasteiger partial charge on any atom is -0.496 e. The summed E-state index contributed by atoms with van der Waals surface area (Å²) in [5.41, 5.74) is 0.489. The molecular weight excluding hydrogens is 284 g/mol. The van der Waals surface area contributed by atoms with Gasteiger partial charge in [-0.1, -0.05) is 17.7 Å². The molecule has 0 radical (unpaired) electrons. The summed E-state index contributed by atoms with van der Waals surface area (Å²) in [7, 11) is 2.73. The topological polar surface area (TPSA) is 68.9 Å². The van der Waals surface area contributed by atoms with E-state index in [1.807, 2.05) is 0 Å². The first-order valence-electron chi connectivity index (χ1n) is 5.76. The van der Waals surface area contributed by atoms with Crippen LogP contribution in [0.2, 0.25) is 5.02 Å². The Morgan fingerprint density at radius 3 is 2.70 bits per heavy atom. The van der Waals surface area contributed by atoms with E-state index in [2.05, 4.69) is 4.74 Å². The van der Waals surface area contributed by atoms with Crippen LogP contribution in [0.25, 0.3) is 0 Å². The minimum absolute atomic E-state index is 0.0227. The van der Waals surface area contributed by atoms with Gasteiger partial charge in [0.05, 0.1) is 14.2 Å². The molecule has 0 aliphatic carbocycles. The van der Waals surface area contributed by atoms with Crippen LogP contribution in [0.4, 0.5) is 0 Å². The van der Waals surface area contributed by atoms with Gasteiger partial charge in [-0.3, -0.25) is 0 Å². The van der Waals surface area contributed by atoms with Crippen LogP contribution in [-0.2, 0) is 4.74 Å². The predicted octanol–water partition coefficient (Wildman–Crippen LogP) is 2.81. The Morgan fingerprint density at radius 2 is 2.05 bits per heavy atom. The molecule has 1 heterocycles. The van der Waals surface area contributed by atoms with Crippen molar-refractivity contribution >= 4 is 17.6 Å². The number of carbonyl (C=O) groups excluding carboxylic acids is 1. The summed E-state index contributed by atoms with van der Waals surface area (Å²) >= 11 is 5.86. The van der Waals surface area contributed by atoms with Crippen molar-refractivity contribution in [2.24, 2.45) is 0 Å². The highest BCUT2D eigenvalue weighted by Crippen LogP contribution is 2.32. The largest absolute Gasteiger partial charge is 0.496 e. The van der Waals surface area contributed by atoms with E-state index in [0.29, 0.717) is 16.3 Å². The average Bonchev–Trinajstić information content (AvgIpc) is 2.95. The fraction of sp³-hybridized carbons (Fsp3) is 0.214. The fourth-order valence-corrected chi connectivity index (χ4v) is 1.94. The van der Waals surface area contributed by atoms with Gasteiger partial charge in [0.2, 0.25) is 5.76 Å².